The molecule has 0 rings (SSSR count). The highest BCUT2D eigenvalue weighted by molar-refractivity contribution is 4.59. The van der Waals surface area contributed by atoms with E-state index in [1.165, 1.54) is 0 Å². The van der Waals surface area contributed by atoms with Crippen molar-refractivity contribution in [2.24, 2.45) is 5.92 Å². The highest BCUT2D eigenvalue weighted by Gasteiger charge is 2.08. The van der Waals surface area contributed by atoms with Gasteiger partial charge in [-0.05, 0) is 31.6 Å². The van der Waals surface area contributed by atoms with E-state index in [-0.39, 0.29) is 13.2 Å². The van der Waals surface area contributed by atoms with Crippen molar-refractivity contribution in [3.8, 4) is 0 Å². The Hall–Kier alpha value is -0.200. The lowest BCUT2D eigenvalue weighted by atomic mass is 9.97. The van der Waals surface area contributed by atoms with Crippen LogP contribution in [0.25, 0.3) is 0 Å². The lowest BCUT2D eigenvalue weighted by Crippen LogP contribution is -2.12. The van der Waals surface area contributed by atoms with E-state index >= 15 is 0 Å². The Bertz CT molecular complexity index is 142. The molecule has 0 saturated heterocycles. The van der Waals surface area contributed by atoms with Gasteiger partial charge in [-0.1, -0.05) is 0 Å². The lowest BCUT2D eigenvalue weighted by Gasteiger charge is -2.16. The van der Waals surface area contributed by atoms with Crippen LogP contribution in [0.3, 0.4) is 0 Å². The van der Waals surface area contributed by atoms with E-state index in [1.54, 1.807) is 7.11 Å². The standard InChI is InChI=1S/C13H28O5/c1-16-8-2-3-13(4-9-17-11-6-14)5-10-18-12-7-15/h13-15H,2-12H2,1H3. The summed E-state index contributed by atoms with van der Waals surface area (Å²) in [4.78, 5) is 0. The topological polar surface area (TPSA) is 68.2 Å². The zero-order valence-corrected chi connectivity index (χ0v) is 11.5. The van der Waals surface area contributed by atoms with E-state index in [4.69, 9.17) is 24.4 Å². The summed E-state index contributed by atoms with van der Waals surface area (Å²) in [5.74, 6) is 0.553. The van der Waals surface area contributed by atoms with Gasteiger partial charge in [0.05, 0.1) is 26.4 Å². The molecule has 0 aliphatic rings. The minimum absolute atomic E-state index is 0.0773. The van der Waals surface area contributed by atoms with Gasteiger partial charge in [-0.3, -0.25) is 0 Å². The van der Waals surface area contributed by atoms with Gasteiger partial charge < -0.3 is 24.4 Å². The molecule has 0 unspecified atom stereocenters. The Balaban J connectivity index is 3.62. The Labute approximate surface area is 110 Å². The van der Waals surface area contributed by atoms with Crippen LogP contribution in [0.1, 0.15) is 25.7 Å². The molecule has 0 aliphatic carbocycles. The first-order valence-electron chi connectivity index (χ1n) is 6.71. The van der Waals surface area contributed by atoms with Gasteiger partial charge in [0.15, 0.2) is 0 Å². The second-order valence-electron chi connectivity index (χ2n) is 4.25. The Morgan fingerprint density at radius 3 is 1.78 bits per heavy atom. The average molecular weight is 264 g/mol. The van der Waals surface area contributed by atoms with E-state index in [9.17, 15) is 0 Å². The molecule has 0 aromatic rings. The fraction of sp³-hybridized carbons (Fsp3) is 1.00. The average Bonchev–Trinajstić information content (AvgIpc) is 2.39. The minimum Gasteiger partial charge on any atom is -0.394 e. The van der Waals surface area contributed by atoms with Crippen molar-refractivity contribution in [1.82, 2.24) is 0 Å². The third-order valence-electron chi connectivity index (χ3n) is 2.77. The summed E-state index contributed by atoms with van der Waals surface area (Å²) in [7, 11) is 1.71. The van der Waals surface area contributed by atoms with Crippen molar-refractivity contribution < 1.29 is 24.4 Å². The van der Waals surface area contributed by atoms with Crippen LogP contribution in [0.4, 0.5) is 0 Å². The summed E-state index contributed by atoms with van der Waals surface area (Å²) >= 11 is 0. The smallest absolute Gasteiger partial charge is 0.0697 e. The van der Waals surface area contributed by atoms with E-state index in [0.717, 1.165) is 32.3 Å². The normalized spacial score (nSPS) is 11.3. The van der Waals surface area contributed by atoms with Gasteiger partial charge >= 0.3 is 0 Å². The molecular weight excluding hydrogens is 236 g/mol. The molecular formula is C13H28O5. The van der Waals surface area contributed by atoms with Gasteiger partial charge in [0.1, 0.15) is 0 Å². The van der Waals surface area contributed by atoms with Gasteiger partial charge in [0.2, 0.25) is 0 Å². The fourth-order valence-electron chi connectivity index (χ4n) is 1.78. The fourth-order valence-corrected chi connectivity index (χ4v) is 1.78. The summed E-state index contributed by atoms with van der Waals surface area (Å²) in [6, 6.07) is 0. The number of rotatable bonds is 14. The Kier molecular flexibility index (Phi) is 14.7. The second-order valence-corrected chi connectivity index (χ2v) is 4.25. The highest BCUT2D eigenvalue weighted by Crippen LogP contribution is 2.16. The van der Waals surface area contributed by atoms with Gasteiger partial charge in [-0.2, -0.15) is 0 Å². The molecule has 110 valence electrons. The molecule has 5 heteroatoms. The van der Waals surface area contributed by atoms with Crippen LogP contribution in [-0.2, 0) is 14.2 Å². The Morgan fingerprint density at radius 2 is 1.33 bits per heavy atom. The molecule has 0 fully saturated rings. The summed E-state index contributed by atoms with van der Waals surface area (Å²) < 4.78 is 15.6. The van der Waals surface area contributed by atoms with Crippen molar-refractivity contribution in [1.29, 1.82) is 0 Å². The summed E-state index contributed by atoms with van der Waals surface area (Å²) in [5.41, 5.74) is 0. The van der Waals surface area contributed by atoms with Crippen LogP contribution in [-0.4, -0.2) is 63.6 Å². The van der Waals surface area contributed by atoms with Gasteiger partial charge in [-0.15, -0.1) is 0 Å². The van der Waals surface area contributed by atoms with E-state index < -0.39 is 0 Å². The quantitative estimate of drug-likeness (QED) is 0.455. The maximum atomic E-state index is 8.62. The third-order valence-corrected chi connectivity index (χ3v) is 2.77. The maximum Gasteiger partial charge on any atom is 0.0697 e. The van der Waals surface area contributed by atoms with Crippen molar-refractivity contribution in [2.75, 3.05) is 53.4 Å². The summed E-state index contributed by atoms with van der Waals surface area (Å²) in [6.07, 6.45) is 4.10. The molecule has 0 radical (unpaired) electrons. The molecule has 0 spiro atoms. The highest BCUT2D eigenvalue weighted by atomic mass is 16.5. The molecule has 0 aromatic carbocycles. The lowest BCUT2D eigenvalue weighted by molar-refractivity contribution is 0.0627. The first-order chi connectivity index (χ1) is 8.85. The van der Waals surface area contributed by atoms with Crippen LogP contribution >= 0.6 is 0 Å². The van der Waals surface area contributed by atoms with Crippen molar-refractivity contribution in [3.05, 3.63) is 0 Å². The summed E-state index contributed by atoms with van der Waals surface area (Å²) in [5, 5.41) is 17.2. The predicted molar refractivity (Wildman–Crippen MR) is 69.6 cm³/mol. The van der Waals surface area contributed by atoms with Crippen LogP contribution in [0.15, 0.2) is 0 Å². The molecule has 0 atom stereocenters. The van der Waals surface area contributed by atoms with Crippen LogP contribution in [0, 0.1) is 5.92 Å². The molecule has 2 N–H and O–H groups in total. The second kappa shape index (κ2) is 14.9. The molecule has 0 amide bonds. The van der Waals surface area contributed by atoms with Crippen LogP contribution in [0.2, 0.25) is 0 Å². The first kappa shape index (κ1) is 17.8. The molecule has 5 nitrogen and oxygen atoms in total. The number of hydrogen-bond donors (Lipinski definition) is 2. The summed E-state index contributed by atoms with van der Waals surface area (Å²) in [6.45, 7) is 3.11. The maximum absolute atomic E-state index is 8.62. The van der Waals surface area contributed by atoms with E-state index in [2.05, 4.69) is 0 Å². The molecule has 0 saturated carbocycles. The molecule has 0 heterocycles. The van der Waals surface area contributed by atoms with Crippen molar-refractivity contribution in [2.45, 2.75) is 25.7 Å². The van der Waals surface area contributed by atoms with Gasteiger partial charge in [0, 0.05) is 26.9 Å². The molecule has 0 bridgehead atoms. The SMILES string of the molecule is COCCCC(CCOCCO)CCOCCO. The zero-order chi connectivity index (χ0) is 13.5. The van der Waals surface area contributed by atoms with Crippen LogP contribution < -0.4 is 0 Å². The zero-order valence-electron chi connectivity index (χ0n) is 11.5. The van der Waals surface area contributed by atoms with E-state index in [1.807, 2.05) is 0 Å². The first-order valence-corrected chi connectivity index (χ1v) is 6.71. The monoisotopic (exact) mass is 264 g/mol. The van der Waals surface area contributed by atoms with Gasteiger partial charge in [-0.25, -0.2) is 0 Å². The molecule has 0 aromatic heterocycles. The number of hydrogen-bond acceptors (Lipinski definition) is 5. The van der Waals surface area contributed by atoms with Gasteiger partial charge in [0.25, 0.3) is 0 Å². The van der Waals surface area contributed by atoms with E-state index in [0.29, 0.717) is 32.3 Å². The Morgan fingerprint density at radius 1 is 0.778 bits per heavy atom. The van der Waals surface area contributed by atoms with Crippen molar-refractivity contribution in [3.63, 3.8) is 0 Å². The predicted octanol–water partition coefficient (Wildman–Crippen LogP) is 0.827. The number of ether oxygens (including phenoxy) is 3. The number of aliphatic hydroxyl groups is 2. The minimum atomic E-state index is 0.0773. The largest absolute Gasteiger partial charge is 0.394 e. The van der Waals surface area contributed by atoms with Crippen molar-refractivity contribution >= 4 is 0 Å². The van der Waals surface area contributed by atoms with Crippen LogP contribution in [0.5, 0.6) is 0 Å². The number of aliphatic hydroxyl groups excluding tert-OH is 2. The molecule has 18 heavy (non-hydrogen) atoms. The number of methoxy groups -OCH3 is 1. The third kappa shape index (κ3) is 12.3. The molecule has 0 aliphatic heterocycles.